The Morgan fingerprint density at radius 1 is 1.26 bits per heavy atom. The third-order valence-electron chi connectivity index (χ3n) is 2.25. The molecule has 1 aromatic rings. The number of nitrogens with zero attached hydrogens (tertiary/aromatic N) is 2. The van der Waals surface area contributed by atoms with Gasteiger partial charge in [-0.15, -0.1) is 0 Å². The lowest BCUT2D eigenvalue weighted by atomic mass is 10.3. The molecule has 108 valence electrons. The molecule has 0 aliphatic carbocycles. The quantitative estimate of drug-likeness (QED) is 0.742. The number of hydrogen-bond acceptors (Lipinski definition) is 5. The fourth-order valence-electron chi connectivity index (χ4n) is 1.32. The topological polar surface area (TPSA) is 70.1 Å². The van der Waals surface area contributed by atoms with Gasteiger partial charge in [0.2, 0.25) is 0 Å². The highest BCUT2D eigenvalue weighted by Crippen LogP contribution is 2.20. The zero-order valence-electron chi connectivity index (χ0n) is 10.8. The van der Waals surface area contributed by atoms with Gasteiger partial charge in [-0.25, -0.2) is 9.97 Å². The van der Waals surface area contributed by atoms with Gasteiger partial charge in [0.15, 0.2) is 6.10 Å². The molecule has 0 bridgehead atoms. The number of aliphatic hydroxyl groups is 1. The highest BCUT2D eigenvalue weighted by molar-refractivity contribution is 5.47. The van der Waals surface area contributed by atoms with Crippen LogP contribution in [0.5, 0.6) is 0 Å². The minimum absolute atomic E-state index is 0.245. The average molecular weight is 278 g/mol. The van der Waals surface area contributed by atoms with Gasteiger partial charge in [-0.3, -0.25) is 0 Å². The Hall–Kier alpha value is -1.57. The van der Waals surface area contributed by atoms with Crippen LogP contribution in [0.3, 0.4) is 0 Å². The largest absolute Gasteiger partial charge is 0.416 e. The van der Waals surface area contributed by atoms with Crippen molar-refractivity contribution >= 4 is 11.6 Å². The molecule has 5 nitrogen and oxygen atoms in total. The van der Waals surface area contributed by atoms with Gasteiger partial charge in [-0.2, -0.15) is 13.2 Å². The van der Waals surface area contributed by atoms with Crippen molar-refractivity contribution in [3.05, 3.63) is 11.9 Å². The molecule has 19 heavy (non-hydrogen) atoms. The highest BCUT2D eigenvalue weighted by atomic mass is 19.4. The van der Waals surface area contributed by atoms with Crippen LogP contribution in [-0.2, 0) is 0 Å². The van der Waals surface area contributed by atoms with Gasteiger partial charge in [0.05, 0.1) is 6.54 Å². The number of rotatable bonds is 6. The molecular weight excluding hydrogens is 261 g/mol. The van der Waals surface area contributed by atoms with Crippen LogP contribution in [0.15, 0.2) is 6.07 Å². The Morgan fingerprint density at radius 3 is 2.37 bits per heavy atom. The monoisotopic (exact) mass is 278 g/mol. The maximum atomic E-state index is 12.1. The molecule has 0 aliphatic heterocycles. The lowest BCUT2D eigenvalue weighted by Gasteiger charge is -2.16. The number of halogens is 3. The summed E-state index contributed by atoms with van der Waals surface area (Å²) in [6.07, 6.45) is -6.16. The second kappa shape index (κ2) is 6.55. The van der Waals surface area contributed by atoms with E-state index in [0.717, 1.165) is 6.42 Å². The summed E-state index contributed by atoms with van der Waals surface area (Å²) in [6.45, 7) is 3.69. The predicted molar refractivity (Wildman–Crippen MR) is 66.1 cm³/mol. The SMILES string of the molecule is CCCNc1cc(NCC(O)C(F)(F)F)nc(C)n1. The molecule has 1 rings (SSSR count). The van der Waals surface area contributed by atoms with E-state index in [1.807, 2.05) is 6.92 Å². The molecule has 0 spiro atoms. The molecule has 0 amide bonds. The Kier molecular flexibility index (Phi) is 5.34. The fraction of sp³-hybridized carbons (Fsp3) is 0.636. The summed E-state index contributed by atoms with van der Waals surface area (Å²) in [5.74, 6) is 1.22. The van der Waals surface area contributed by atoms with Crippen LogP contribution in [0.25, 0.3) is 0 Å². The summed E-state index contributed by atoms with van der Waals surface area (Å²) < 4.78 is 36.4. The van der Waals surface area contributed by atoms with Crippen LogP contribution >= 0.6 is 0 Å². The van der Waals surface area contributed by atoms with E-state index in [4.69, 9.17) is 5.11 Å². The first-order valence-corrected chi connectivity index (χ1v) is 5.91. The summed E-state index contributed by atoms with van der Waals surface area (Å²) in [6, 6.07) is 1.51. The lowest BCUT2D eigenvalue weighted by molar-refractivity contribution is -0.198. The van der Waals surface area contributed by atoms with E-state index in [9.17, 15) is 13.2 Å². The van der Waals surface area contributed by atoms with Gasteiger partial charge >= 0.3 is 6.18 Å². The summed E-state index contributed by atoms with van der Waals surface area (Å²) in [7, 11) is 0. The van der Waals surface area contributed by atoms with E-state index in [1.165, 1.54) is 6.07 Å². The second-order valence-corrected chi connectivity index (χ2v) is 4.05. The van der Waals surface area contributed by atoms with Crippen LogP contribution in [0.1, 0.15) is 19.2 Å². The van der Waals surface area contributed by atoms with E-state index >= 15 is 0 Å². The molecule has 0 aliphatic rings. The molecule has 3 N–H and O–H groups in total. The summed E-state index contributed by atoms with van der Waals surface area (Å²) in [4.78, 5) is 8.06. The maximum absolute atomic E-state index is 12.1. The molecule has 1 heterocycles. The number of nitrogens with one attached hydrogen (secondary N) is 2. The van der Waals surface area contributed by atoms with E-state index in [2.05, 4.69) is 20.6 Å². The first-order valence-electron chi connectivity index (χ1n) is 5.91. The van der Waals surface area contributed by atoms with Crippen LogP contribution in [0.4, 0.5) is 24.8 Å². The Labute approximate surface area is 109 Å². The highest BCUT2D eigenvalue weighted by Gasteiger charge is 2.37. The van der Waals surface area contributed by atoms with Crippen molar-refractivity contribution < 1.29 is 18.3 Å². The van der Waals surface area contributed by atoms with E-state index in [1.54, 1.807) is 6.92 Å². The van der Waals surface area contributed by atoms with Crippen molar-refractivity contribution in [2.24, 2.45) is 0 Å². The first-order chi connectivity index (χ1) is 8.82. The predicted octanol–water partition coefficient (Wildman–Crippen LogP) is 1.94. The molecule has 0 fully saturated rings. The molecule has 1 unspecified atom stereocenters. The number of aliphatic hydroxyl groups excluding tert-OH is 1. The van der Waals surface area contributed by atoms with Crippen molar-refractivity contribution in [2.45, 2.75) is 32.5 Å². The molecule has 8 heteroatoms. The van der Waals surface area contributed by atoms with Crippen molar-refractivity contribution in [3.63, 3.8) is 0 Å². The fourth-order valence-corrected chi connectivity index (χ4v) is 1.32. The van der Waals surface area contributed by atoms with Crippen molar-refractivity contribution in [1.29, 1.82) is 0 Å². The van der Waals surface area contributed by atoms with Crippen LogP contribution in [-0.4, -0.2) is 40.4 Å². The van der Waals surface area contributed by atoms with E-state index in [0.29, 0.717) is 18.2 Å². The molecule has 0 aromatic carbocycles. The Morgan fingerprint density at radius 2 is 1.84 bits per heavy atom. The second-order valence-electron chi connectivity index (χ2n) is 4.05. The van der Waals surface area contributed by atoms with Gasteiger partial charge in [-0.1, -0.05) is 6.92 Å². The minimum Gasteiger partial charge on any atom is -0.382 e. The molecule has 1 aromatic heterocycles. The van der Waals surface area contributed by atoms with Crippen molar-refractivity contribution in [1.82, 2.24) is 9.97 Å². The molecule has 1 atom stereocenters. The normalized spacial score (nSPS) is 13.2. The number of anilines is 2. The van der Waals surface area contributed by atoms with Gasteiger partial charge in [0, 0.05) is 12.6 Å². The smallest absolute Gasteiger partial charge is 0.382 e. The Bertz CT molecular complexity index is 411. The van der Waals surface area contributed by atoms with Crippen LogP contribution in [0.2, 0.25) is 0 Å². The zero-order valence-corrected chi connectivity index (χ0v) is 10.8. The third kappa shape index (κ3) is 5.29. The summed E-state index contributed by atoms with van der Waals surface area (Å²) >= 11 is 0. The molecule has 0 saturated carbocycles. The van der Waals surface area contributed by atoms with E-state index in [-0.39, 0.29) is 5.82 Å². The van der Waals surface area contributed by atoms with E-state index < -0.39 is 18.8 Å². The molecular formula is C11H17F3N4O. The lowest BCUT2D eigenvalue weighted by Crippen LogP contribution is -2.35. The zero-order chi connectivity index (χ0) is 14.5. The third-order valence-corrected chi connectivity index (χ3v) is 2.25. The van der Waals surface area contributed by atoms with Crippen LogP contribution < -0.4 is 10.6 Å². The number of alkyl halides is 3. The van der Waals surface area contributed by atoms with Crippen LogP contribution in [0, 0.1) is 6.92 Å². The number of aryl methyl sites for hydroxylation is 1. The minimum atomic E-state index is -4.64. The maximum Gasteiger partial charge on any atom is 0.416 e. The standard InChI is InChI=1S/C11H17F3N4O/c1-3-4-15-9-5-10(18-7(2)17-9)16-6-8(19)11(12,13)14/h5,8,19H,3-4,6H2,1-2H3,(H2,15,16,17,18). The summed E-state index contributed by atoms with van der Waals surface area (Å²) in [5, 5.41) is 14.3. The Balaban J connectivity index is 2.65. The average Bonchev–Trinajstić information content (AvgIpc) is 2.31. The van der Waals surface area contributed by atoms with Crippen molar-refractivity contribution in [2.75, 3.05) is 23.7 Å². The number of aromatic nitrogens is 2. The van der Waals surface area contributed by atoms with Gasteiger partial charge in [0.25, 0.3) is 0 Å². The molecule has 0 radical (unpaired) electrons. The number of hydrogen-bond donors (Lipinski definition) is 3. The van der Waals surface area contributed by atoms with Gasteiger partial charge in [0.1, 0.15) is 17.5 Å². The van der Waals surface area contributed by atoms with Crippen molar-refractivity contribution in [3.8, 4) is 0 Å². The summed E-state index contributed by atoms with van der Waals surface area (Å²) in [5.41, 5.74) is 0. The van der Waals surface area contributed by atoms with Gasteiger partial charge < -0.3 is 15.7 Å². The van der Waals surface area contributed by atoms with Gasteiger partial charge in [-0.05, 0) is 13.3 Å². The molecule has 0 saturated heterocycles. The first kappa shape index (κ1) is 15.5.